The van der Waals surface area contributed by atoms with E-state index < -0.39 is 33.1 Å². The van der Waals surface area contributed by atoms with Crippen LogP contribution in [0.4, 0.5) is 13.2 Å². The number of aromatic nitrogens is 1. The summed E-state index contributed by atoms with van der Waals surface area (Å²) in [7, 11) is -3.69. The Hall–Kier alpha value is -1.74. The zero-order chi connectivity index (χ0) is 17.3. The predicted octanol–water partition coefficient (Wildman–Crippen LogP) is 3.48. The Kier molecular flexibility index (Phi) is 4.90. The molecule has 1 heterocycles. The van der Waals surface area contributed by atoms with Crippen molar-refractivity contribution in [3.05, 3.63) is 51.5 Å². The number of carbonyl (C=O) groups excluding carboxylic acids is 1. The lowest BCUT2D eigenvalue weighted by atomic mass is 10.1. The summed E-state index contributed by atoms with van der Waals surface area (Å²) in [4.78, 5) is 15.0. The molecule has 9 heteroatoms. The monoisotopic (exact) mass is 363 g/mol. The van der Waals surface area contributed by atoms with Crippen LogP contribution in [0.1, 0.15) is 33.5 Å². The van der Waals surface area contributed by atoms with Crippen LogP contribution in [0.5, 0.6) is 0 Å². The molecule has 1 aromatic heterocycles. The number of nitrogens with zero attached hydrogens (tertiary/aromatic N) is 1. The van der Waals surface area contributed by atoms with Crippen molar-refractivity contribution in [2.75, 3.05) is 0 Å². The van der Waals surface area contributed by atoms with Gasteiger partial charge in [-0.2, -0.15) is 13.2 Å². The molecular formula is C14H12F3NO3S2. The molecule has 0 bridgehead atoms. The van der Waals surface area contributed by atoms with Gasteiger partial charge in [-0.15, -0.1) is 11.3 Å². The van der Waals surface area contributed by atoms with Crippen LogP contribution in [0, 0.1) is 0 Å². The molecule has 0 saturated heterocycles. The van der Waals surface area contributed by atoms with E-state index in [4.69, 9.17) is 0 Å². The summed E-state index contributed by atoms with van der Waals surface area (Å²) in [5, 5.41) is 1.69. The maximum Gasteiger partial charge on any atom is 0.416 e. The number of benzene rings is 1. The molecule has 2 rings (SSSR count). The number of halogens is 3. The second-order valence-electron chi connectivity index (χ2n) is 4.91. The number of carbonyl (C=O) groups is 1. The fraction of sp³-hybridized carbons (Fsp3) is 0.286. The summed E-state index contributed by atoms with van der Waals surface area (Å²) in [6, 6.07) is 4.21. The van der Waals surface area contributed by atoms with E-state index >= 15 is 0 Å². The van der Waals surface area contributed by atoms with Crippen molar-refractivity contribution in [2.24, 2.45) is 0 Å². The summed E-state index contributed by atoms with van der Waals surface area (Å²) in [5.41, 5.74) is -0.652. The van der Waals surface area contributed by atoms with Crippen molar-refractivity contribution < 1.29 is 26.4 Å². The first-order valence-corrected chi connectivity index (χ1v) is 9.09. The molecule has 0 atom stereocenters. The van der Waals surface area contributed by atoms with Crippen LogP contribution in [-0.2, 0) is 27.5 Å². The fourth-order valence-corrected chi connectivity index (χ4v) is 4.53. The number of sulfone groups is 1. The minimum Gasteiger partial charge on any atom is -0.293 e. The van der Waals surface area contributed by atoms with Crippen molar-refractivity contribution in [2.45, 2.75) is 24.6 Å². The van der Waals surface area contributed by atoms with E-state index in [0.717, 1.165) is 23.5 Å². The van der Waals surface area contributed by atoms with E-state index in [0.29, 0.717) is 0 Å². The zero-order valence-corrected chi connectivity index (χ0v) is 13.6. The summed E-state index contributed by atoms with van der Waals surface area (Å²) >= 11 is 1.03. The average Bonchev–Trinajstić information content (AvgIpc) is 2.85. The number of alkyl halides is 3. The van der Waals surface area contributed by atoms with Gasteiger partial charge in [-0.3, -0.25) is 4.79 Å². The third-order valence-corrected chi connectivity index (χ3v) is 5.41. The summed E-state index contributed by atoms with van der Waals surface area (Å²) < 4.78 is 62.1. The van der Waals surface area contributed by atoms with Gasteiger partial charge in [-0.25, -0.2) is 13.4 Å². The molecule has 23 heavy (non-hydrogen) atoms. The molecule has 0 radical (unpaired) electrons. The fourth-order valence-electron chi connectivity index (χ4n) is 1.87. The van der Waals surface area contributed by atoms with Crippen molar-refractivity contribution in [3.63, 3.8) is 0 Å². The Balaban J connectivity index is 2.16. The molecule has 0 N–H and O–H groups in total. The van der Waals surface area contributed by atoms with Gasteiger partial charge in [0, 0.05) is 12.3 Å². The predicted molar refractivity (Wildman–Crippen MR) is 79.9 cm³/mol. The quantitative estimate of drug-likeness (QED) is 0.763. The minimum atomic E-state index is -4.52. The number of hydrogen-bond acceptors (Lipinski definition) is 5. The van der Waals surface area contributed by atoms with Crippen molar-refractivity contribution in [3.8, 4) is 0 Å². The molecule has 0 amide bonds. The van der Waals surface area contributed by atoms with Crippen molar-refractivity contribution in [1.29, 1.82) is 0 Å². The third kappa shape index (κ3) is 4.87. The largest absolute Gasteiger partial charge is 0.416 e. The van der Waals surface area contributed by atoms with E-state index in [-0.39, 0.29) is 22.0 Å². The van der Waals surface area contributed by atoms with E-state index in [1.54, 1.807) is 0 Å². The molecule has 0 saturated carbocycles. The van der Waals surface area contributed by atoms with Crippen molar-refractivity contribution >= 4 is 27.0 Å². The Morgan fingerprint density at radius 2 is 1.96 bits per heavy atom. The van der Waals surface area contributed by atoms with Gasteiger partial charge in [0.2, 0.25) is 0 Å². The van der Waals surface area contributed by atoms with Gasteiger partial charge in [0.05, 0.1) is 11.3 Å². The molecule has 0 spiro atoms. The second kappa shape index (κ2) is 6.40. The van der Waals surface area contributed by atoms with Gasteiger partial charge in [-0.05, 0) is 11.6 Å². The number of thiazole rings is 1. The number of Topliss-reactive ketones (excluding diaryl/α,β-unsaturated/α-hetero) is 1. The highest BCUT2D eigenvalue weighted by molar-refractivity contribution is 7.89. The average molecular weight is 363 g/mol. The van der Waals surface area contributed by atoms with E-state index in [1.807, 2.05) is 0 Å². The molecule has 0 unspecified atom stereocenters. The van der Waals surface area contributed by atoms with E-state index in [2.05, 4.69) is 4.98 Å². The highest BCUT2D eigenvalue weighted by atomic mass is 32.2. The lowest BCUT2D eigenvalue weighted by Gasteiger charge is -2.08. The highest BCUT2D eigenvalue weighted by Crippen LogP contribution is 2.30. The number of rotatable bonds is 5. The first-order chi connectivity index (χ1) is 10.6. The summed E-state index contributed by atoms with van der Waals surface area (Å²) in [5.74, 6) is -1.21. The zero-order valence-electron chi connectivity index (χ0n) is 11.9. The van der Waals surface area contributed by atoms with Gasteiger partial charge < -0.3 is 0 Å². The molecule has 4 nitrogen and oxygen atoms in total. The van der Waals surface area contributed by atoms with Crippen LogP contribution in [-0.4, -0.2) is 19.2 Å². The van der Waals surface area contributed by atoms with E-state index in [9.17, 15) is 26.4 Å². The number of ketones is 1. The highest BCUT2D eigenvalue weighted by Gasteiger charge is 2.30. The van der Waals surface area contributed by atoms with Gasteiger partial charge in [0.1, 0.15) is 16.5 Å². The molecule has 1 aromatic carbocycles. The summed E-state index contributed by atoms with van der Waals surface area (Å²) in [6.07, 6.45) is -4.52. The lowest BCUT2D eigenvalue weighted by Crippen LogP contribution is -2.10. The molecule has 0 aliphatic rings. The first-order valence-electron chi connectivity index (χ1n) is 6.39. The Morgan fingerprint density at radius 1 is 1.26 bits per heavy atom. The van der Waals surface area contributed by atoms with Crippen molar-refractivity contribution in [1.82, 2.24) is 4.98 Å². The van der Waals surface area contributed by atoms with Gasteiger partial charge in [0.15, 0.2) is 15.6 Å². The smallest absolute Gasteiger partial charge is 0.293 e. The van der Waals surface area contributed by atoms with Crippen LogP contribution in [0.3, 0.4) is 0 Å². The van der Waals surface area contributed by atoms with Crippen LogP contribution in [0.15, 0.2) is 29.6 Å². The molecule has 0 aliphatic carbocycles. The van der Waals surface area contributed by atoms with E-state index in [1.165, 1.54) is 24.4 Å². The van der Waals surface area contributed by atoms with Gasteiger partial charge in [0.25, 0.3) is 0 Å². The van der Waals surface area contributed by atoms with Gasteiger partial charge in [-0.1, -0.05) is 18.2 Å². The Morgan fingerprint density at radius 3 is 2.52 bits per heavy atom. The maximum absolute atomic E-state index is 12.6. The molecular weight excluding hydrogens is 351 g/mol. The third-order valence-electron chi connectivity index (χ3n) is 2.90. The normalized spacial score (nSPS) is 12.3. The van der Waals surface area contributed by atoms with Crippen LogP contribution >= 0.6 is 11.3 Å². The standard InChI is InChI=1S/C14H12F3NO3S2/c1-9(19)12-6-22-13(18-12)8-23(20,21)7-10-3-2-4-11(5-10)14(15,16)17/h2-6H,7-8H2,1H3. The summed E-state index contributed by atoms with van der Waals surface area (Å²) in [6.45, 7) is 1.32. The Bertz CT molecular complexity index is 826. The van der Waals surface area contributed by atoms with Crippen LogP contribution in [0.25, 0.3) is 0 Å². The maximum atomic E-state index is 12.6. The van der Waals surface area contributed by atoms with Crippen LogP contribution in [0.2, 0.25) is 0 Å². The Labute approximate surface area is 134 Å². The lowest BCUT2D eigenvalue weighted by molar-refractivity contribution is -0.137. The molecule has 0 aliphatic heterocycles. The molecule has 2 aromatic rings. The first kappa shape index (κ1) is 17.6. The van der Waals surface area contributed by atoms with Crippen LogP contribution < -0.4 is 0 Å². The minimum absolute atomic E-state index is 0.0585. The SMILES string of the molecule is CC(=O)c1csc(CS(=O)(=O)Cc2cccc(C(F)(F)F)c2)n1. The number of hydrogen-bond donors (Lipinski definition) is 0. The van der Waals surface area contributed by atoms with Gasteiger partial charge >= 0.3 is 6.18 Å². The topological polar surface area (TPSA) is 64.1 Å². The molecule has 0 fully saturated rings. The second-order valence-corrected chi connectivity index (χ2v) is 7.92. The molecule has 124 valence electrons.